The smallest absolute Gasteiger partial charge is 0.403 e. The summed E-state index contributed by atoms with van der Waals surface area (Å²) in [4.78, 5) is 42.7. The predicted molar refractivity (Wildman–Crippen MR) is 133 cm³/mol. The standard InChI is InChI=1S/C26H36F3N5O4/c1-15(30-3)23(35)32-20-14-33(16(2)26(27,28)29)12-10-17-8-9-21(34(17)25(20)37)24(36)31-19-11-13-38-22-7-5-4-6-18(19)22/h4-7,15-17,19-21,30H,8-14H2,1-3H3,(H,31,36)(H,32,35)/t15-,16+,17+,19+,20-,21-/m0/s1. The number of nitrogens with one attached hydrogen (secondary N) is 3. The topological polar surface area (TPSA) is 103 Å². The number of nitrogens with zero attached hydrogens (tertiary/aromatic N) is 2. The molecule has 0 radical (unpaired) electrons. The summed E-state index contributed by atoms with van der Waals surface area (Å²) in [6, 6.07) is 2.37. The molecule has 0 unspecified atom stereocenters. The number of amides is 3. The largest absolute Gasteiger partial charge is 0.493 e. The molecule has 12 heteroatoms. The van der Waals surface area contributed by atoms with E-state index in [2.05, 4.69) is 16.0 Å². The molecule has 3 aliphatic heterocycles. The first-order valence-corrected chi connectivity index (χ1v) is 13.1. The summed E-state index contributed by atoms with van der Waals surface area (Å²) in [7, 11) is 1.58. The summed E-state index contributed by atoms with van der Waals surface area (Å²) in [6.07, 6.45) is -2.69. The van der Waals surface area contributed by atoms with Crippen LogP contribution in [0.3, 0.4) is 0 Å². The molecule has 1 aromatic carbocycles. The zero-order chi connectivity index (χ0) is 27.6. The van der Waals surface area contributed by atoms with Gasteiger partial charge in [-0.1, -0.05) is 18.2 Å². The van der Waals surface area contributed by atoms with Crippen LogP contribution < -0.4 is 20.7 Å². The highest BCUT2D eigenvalue weighted by atomic mass is 19.4. The van der Waals surface area contributed by atoms with Gasteiger partial charge in [0.05, 0.1) is 18.7 Å². The number of benzene rings is 1. The Morgan fingerprint density at radius 3 is 2.50 bits per heavy atom. The average Bonchev–Trinajstić information content (AvgIpc) is 3.31. The van der Waals surface area contributed by atoms with Crippen LogP contribution >= 0.6 is 0 Å². The van der Waals surface area contributed by atoms with Crippen molar-refractivity contribution in [3.63, 3.8) is 0 Å². The highest BCUT2D eigenvalue weighted by molar-refractivity contribution is 5.94. The lowest BCUT2D eigenvalue weighted by Crippen LogP contribution is -2.63. The number of hydrogen-bond acceptors (Lipinski definition) is 6. The molecule has 2 fully saturated rings. The van der Waals surface area contributed by atoms with Crippen LogP contribution in [0, 0.1) is 0 Å². The number of ether oxygens (including phenoxy) is 1. The van der Waals surface area contributed by atoms with E-state index < -0.39 is 48.2 Å². The van der Waals surface area contributed by atoms with Crippen LogP contribution in [0.1, 0.15) is 51.1 Å². The van der Waals surface area contributed by atoms with Crippen molar-refractivity contribution in [2.24, 2.45) is 0 Å². The van der Waals surface area contributed by atoms with Crippen molar-refractivity contribution in [1.29, 1.82) is 0 Å². The summed E-state index contributed by atoms with van der Waals surface area (Å²) in [6.45, 7) is 2.90. The van der Waals surface area contributed by atoms with Gasteiger partial charge in [-0.15, -0.1) is 0 Å². The minimum atomic E-state index is -4.48. The summed E-state index contributed by atoms with van der Waals surface area (Å²) in [5, 5.41) is 8.48. The number of para-hydroxylation sites is 1. The predicted octanol–water partition coefficient (Wildman–Crippen LogP) is 1.74. The van der Waals surface area contributed by atoms with Crippen molar-refractivity contribution in [3.8, 4) is 5.75 Å². The van der Waals surface area contributed by atoms with Crippen LogP contribution in [0.5, 0.6) is 5.75 Å². The van der Waals surface area contributed by atoms with E-state index in [9.17, 15) is 27.6 Å². The van der Waals surface area contributed by atoms with Gasteiger partial charge in [0.25, 0.3) is 0 Å². The third-order valence-corrected chi connectivity index (χ3v) is 7.96. The molecule has 0 aliphatic carbocycles. The van der Waals surface area contributed by atoms with Gasteiger partial charge in [0.15, 0.2) is 0 Å². The van der Waals surface area contributed by atoms with Gasteiger partial charge in [-0.2, -0.15) is 13.2 Å². The zero-order valence-electron chi connectivity index (χ0n) is 21.9. The highest BCUT2D eigenvalue weighted by Crippen LogP contribution is 2.34. The minimum Gasteiger partial charge on any atom is -0.493 e. The molecular weight excluding hydrogens is 503 g/mol. The lowest BCUT2D eigenvalue weighted by atomic mass is 10.00. The van der Waals surface area contributed by atoms with Crippen molar-refractivity contribution < 1.29 is 32.3 Å². The second kappa shape index (κ2) is 11.5. The Hall–Kier alpha value is -2.86. The molecule has 4 rings (SSSR count). The molecule has 0 saturated carbocycles. The Bertz CT molecular complexity index is 1040. The number of fused-ring (bicyclic) bond motifs is 2. The summed E-state index contributed by atoms with van der Waals surface area (Å²) in [5.74, 6) is -0.634. The molecule has 3 heterocycles. The third kappa shape index (κ3) is 5.90. The normalized spacial score (nSPS) is 27.7. The molecule has 1 aromatic rings. The van der Waals surface area contributed by atoms with Gasteiger partial charge in [-0.05, 0) is 46.2 Å². The zero-order valence-corrected chi connectivity index (χ0v) is 21.9. The van der Waals surface area contributed by atoms with Gasteiger partial charge in [0.1, 0.15) is 23.9 Å². The van der Waals surface area contributed by atoms with Crippen LogP contribution in [0.15, 0.2) is 24.3 Å². The second-order valence-corrected chi connectivity index (χ2v) is 10.3. The molecule has 3 N–H and O–H groups in total. The molecule has 2 saturated heterocycles. The Labute approximate surface area is 220 Å². The van der Waals surface area contributed by atoms with E-state index in [1.165, 1.54) is 9.80 Å². The van der Waals surface area contributed by atoms with Crippen molar-refractivity contribution in [2.75, 3.05) is 26.7 Å². The maximum atomic E-state index is 13.8. The first-order chi connectivity index (χ1) is 18.0. The average molecular weight is 540 g/mol. The van der Waals surface area contributed by atoms with E-state index in [0.29, 0.717) is 38.0 Å². The van der Waals surface area contributed by atoms with Crippen LogP contribution in [0.4, 0.5) is 13.2 Å². The molecule has 3 aliphatic rings. The lowest BCUT2D eigenvalue weighted by molar-refractivity contribution is -0.182. The highest BCUT2D eigenvalue weighted by Gasteiger charge is 2.48. The van der Waals surface area contributed by atoms with E-state index >= 15 is 0 Å². The van der Waals surface area contributed by atoms with Gasteiger partial charge in [-0.3, -0.25) is 19.3 Å². The fraction of sp³-hybridized carbons (Fsp3) is 0.654. The van der Waals surface area contributed by atoms with Crippen LogP contribution in [0.25, 0.3) is 0 Å². The lowest BCUT2D eigenvalue weighted by Gasteiger charge is -2.41. The molecule has 38 heavy (non-hydrogen) atoms. The third-order valence-electron chi connectivity index (χ3n) is 7.96. The Morgan fingerprint density at radius 1 is 1.05 bits per heavy atom. The summed E-state index contributed by atoms with van der Waals surface area (Å²) in [5.41, 5.74) is 0.864. The van der Waals surface area contributed by atoms with Crippen LogP contribution in [-0.4, -0.2) is 90.7 Å². The number of likely N-dealkylation sites (N-methyl/N-ethyl adjacent to an activating group) is 1. The molecule has 6 atom stereocenters. The first-order valence-electron chi connectivity index (χ1n) is 13.1. The summed E-state index contributed by atoms with van der Waals surface area (Å²) < 4.78 is 46.5. The molecule has 3 amide bonds. The van der Waals surface area contributed by atoms with Gasteiger partial charge >= 0.3 is 6.18 Å². The number of alkyl halides is 3. The molecule has 9 nitrogen and oxygen atoms in total. The number of hydrogen-bond donors (Lipinski definition) is 3. The monoisotopic (exact) mass is 539 g/mol. The molecule has 0 bridgehead atoms. The first kappa shape index (κ1) is 28.2. The maximum absolute atomic E-state index is 13.8. The number of carbonyl (C=O) groups excluding carboxylic acids is 3. The molecule has 0 aromatic heterocycles. The fourth-order valence-electron chi connectivity index (χ4n) is 5.51. The second-order valence-electron chi connectivity index (χ2n) is 10.3. The van der Waals surface area contributed by atoms with Gasteiger partial charge in [0, 0.05) is 31.1 Å². The van der Waals surface area contributed by atoms with Crippen molar-refractivity contribution >= 4 is 17.7 Å². The van der Waals surface area contributed by atoms with E-state index in [1.807, 2.05) is 24.3 Å². The molecule has 0 spiro atoms. The van der Waals surface area contributed by atoms with Gasteiger partial charge in [-0.25, -0.2) is 0 Å². The maximum Gasteiger partial charge on any atom is 0.403 e. The number of rotatable bonds is 6. The summed E-state index contributed by atoms with van der Waals surface area (Å²) >= 11 is 0. The Kier molecular flexibility index (Phi) is 8.51. The van der Waals surface area contributed by atoms with Crippen LogP contribution in [0.2, 0.25) is 0 Å². The van der Waals surface area contributed by atoms with E-state index in [-0.39, 0.29) is 25.0 Å². The van der Waals surface area contributed by atoms with Crippen molar-refractivity contribution in [1.82, 2.24) is 25.8 Å². The quantitative estimate of drug-likeness (QED) is 0.509. The van der Waals surface area contributed by atoms with Gasteiger partial charge in [0.2, 0.25) is 17.7 Å². The molecular formula is C26H36F3N5O4. The Morgan fingerprint density at radius 2 is 1.79 bits per heavy atom. The van der Waals surface area contributed by atoms with E-state index in [0.717, 1.165) is 12.5 Å². The van der Waals surface area contributed by atoms with Crippen molar-refractivity contribution in [3.05, 3.63) is 29.8 Å². The van der Waals surface area contributed by atoms with E-state index in [4.69, 9.17) is 4.74 Å². The Balaban J connectivity index is 1.56. The number of halogens is 3. The minimum absolute atomic E-state index is 0.0880. The van der Waals surface area contributed by atoms with E-state index in [1.54, 1.807) is 14.0 Å². The molecule has 210 valence electrons. The van der Waals surface area contributed by atoms with Crippen LogP contribution in [-0.2, 0) is 14.4 Å². The SMILES string of the molecule is CN[C@@H](C)C(=O)N[C@H]1CN([C@H](C)C(F)(F)F)CC[C@H]2CC[C@@H](C(=O)N[C@@H]3CCOc4ccccc43)N2C1=O. The van der Waals surface area contributed by atoms with Crippen molar-refractivity contribution in [2.45, 2.75) is 82.0 Å². The number of carbonyl (C=O) groups is 3. The van der Waals surface area contributed by atoms with Gasteiger partial charge < -0.3 is 25.6 Å². The fourth-order valence-corrected chi connectivity index (χ4v) is 5.51.